The van der Waals surface area contributed by atoms with Gasteiger partial charge in [0.1, 0.15) is 5.84 Å². The second-order valence-corrected chi connectivity index (χ2v) is 7.28. The van der Waals surface area contributed by atoms with Gasteiger partial charge < -0.3 is 14.4 Å². The molecule has 0 spiro atoms. The van der Waals surface area contributed by atoms with Crippen LogP contribution in [-0.2, 0) is 6.54 Å². The van der Waals surface area contributed by atoms with Crippen molar-refractivity contribution in [3.8, 4) is 11.5 Å². The monoisotopic (exact) mass is 398 g/mol. The predicted molar refractivity (Wildman–Crippen MR) is 111 cm³/mol. The fourth-order valence-corrected chi connectivity index (χ4v) is 3.62. The number of ketones is 1. The van der Waals surface area contributed by atoms with Crippen molar-refractivity contribution in [1.29, 1.82) is 5.41 Å². The molecule has 0 unspecified atom stereocenters. The standard InChI is InChI=1S/C23H27FN2O3/c1-6-28-19-10-17-11-26(23(25)20(17)21(24)22(19)29-7-2)12-18(27)16-8-13(3)15(5)14(4)9-16/h8-10,25H,6-7,11-12H2,1-5H3. The van der Waals surface area contributed by atoms with E-state index in [-0.39, 0.29) is 42.6 Å². The van der Waals surface area contributed by atoms with Gasteiger partial charge in [0.15, 0.2) is 23.1 Å². The van der Waals surface area contributed by atoms with Gasteiger partial charge in [-0.05, 0) is 75.1 Å². The Hall–Kier alpha value is -2.89. The van der Waals surface area contributed by atoms with E-state index in [0.29, 0.717) is 23.5 Å². The number of Topliss-reactive ketones (excluding diaryl/α,β-unsaturated/α-hetero) is 1. The zero-order valence-corrected chi connectivity index (χ0v) is 17.6. The topological polar surface area (TPSA) is 62.6 Å². The van der Waals surface area contributed by atoms with E-state index in [1.807, 2.05) is 39.8 Å². The molecule has 0 radical (unpaired) electrons. The summed E-state index contributed by atoms with van der Waals surface area (Å²) in [5.74, 6) is -0.346. The van der Waals surface area contributed by atoms with Gasteiger partial charge in [-0.25, -0.2) is 4.39 Å². The lowest BCUT2D eigenvalue weighted by Gasteiger charge is -2.18. The molecular formula is C23H27FN2O3. The molecule has 1 N–H and O–H groups in total. The largest absolute Gasteiger partial charge is 0.490 e. The summed E-state index contributed by atoms with van der Waals surface area (Å²) in [6.07, 6.45) is 0. The van der Waals surface area contributed by atoms with Gasteiger partial charge in [0.05, 0.1) is 25.3 Å². The Labute approximate surface area is 170 Å². The Morgan fingerprint density at radius 2 is 1.72 bits per heavy atom. The van der Waals surface area contributed by atoms with E-state index >= 15 is 4.39 Å². The second kappa shape index (κ2) is 8.23. The Morgan fingerprint density at radius 1 is 1.10 bits per heavy atom. The molecule has 2 aromatic rings. The third-order valence-electron chi connectivity index (χ3n) is 5.36. The number of ether oxygens (including phenoxy) is 2. The molecule has 0 fully saturated rings. The van der Waals surface area contributed by atoms with E-state index < -0.39 is 5.82 Å². The van der Waals surface area contributed by atoms with Crippen LogP contribution in [-0.4, -0.2) is 36.3 Å². The molecule has 2 aromatic carbocycles. The van der Waals surface area contributed by atoms with Gasteiger partial charge in [0, 0.05) is 12.1 Å². The zero-order valence-electron chi connectivity index (χ0n) is 17.6. The van der Waals surface area contributed by atoms with Crippen LogP contribution in [0.5, 0.6) is 11.5 Å². The first-order valence-corrected chi connectivity index (χ1v) is 9.84. The summed E-state index contributed by atoms with van der Waals surface area (Å²) in [4.78, 5) is 14.4. The Bertz CT molecular complexity index is 962. The summed E-state index contributed by atoms with van der Waals surface area (Å²) < 4.78 is 26.1. The molecule has 154 valence electrons. The molecule has 0 aliphatic carbocycles. The normalized spacial score (nSPS) is 12.9. The minimum Gasteiger partial charge on any atom is -0.490 e. The third kappa shape index (κ3) is 3.84. The number of nitrogens with zero attached hydrogens (tertiary/aromatic N) is 1. The molecule has 0 amide bonds. The molecule has 6 heteroatoms. The van der Waals surface area contributed by atoms with Crippen LogP contribution in [0.25, 0.3) is 0 Å². The Kier molecular flexibility index (Phi) is 5.91. The Balaban J connectivity index is 1.89. The summed E-state index contributed by atoms with van der Waals surface area (Å²) in [6, 6.07) is 5.46. The van der Waals surface area contributed by atoms with E-state index in [4.69, 9.17) is 14.9 Å². The van der Waals surface area contributed by atoms with Crippen molar-refractivity contribution in [2.24, 2.45) is 0 Å². The van der Waals surface area contributed by atoms with Gasteiger partial charge in [-0.2, -0.15) is 0 Å². The van der Waals surface area contributed by atoms with Crippen LogP contribution in [0.15, 0.2) is 18.2 Å². The molecule has 1 aliphatic heterocycles. The lowest BCUT2D eigenvalue weighted by Crippen LogP contribution is -2.30. The molecule has 29 heavy (non-hydrogen) atoms. The fourth-order valence-electron chi connectivity index (χ4n) is 3.62. The van der Waals surface area contributed by atoms with Crippen molar-refractivity contribution in [1.82, 2.24) is 4.90 Å². The zero-order chi connectivity index (χ0) is 21.3. The molecular weight excluding hydrogens is 371 g/mol. The SMILES string of the molecule is CCOc1cc2c(c(F)c1OCC)C(=N)N(CC(=O)c1cc(C)c(C)c(C)c1)C2. The number of nitrogens with one attached hydrogen (secondary N) is 1. The van der Waals surface area contributed by atoms with Crippen LogP contribution in [0, 0.1) is 32.0 Å². The van der Waals surface area contributed by atoms with Gasteiger partial charge in [-0.15, -0.1) is 0 Å². The number of benzene rings is 2. The average molecular weight is 398 g/mol. The maximum Gasteiger partial charge on any atom is 0.197 e. The third-order valence-corrected chi connectivity index (χ3v) is 5.36. The molecule has 3 rings (SSSR count). The van der Waals surface area contributed by atoms with Crippen LogP contribution in [0.2, 0.25) is 0 Å². The minimum atomic E-state index is -0.602. The van der Waals surface area contributed by atoms with E-state index in [1.165, 1.54) is 0 Å². The molecule has 5 nitrogen and oxygen atoms in total. The fraction of sp³-hybridized carbons (Fsp3) is 0.391. The van der Waals surface area contributed by atoms with Crippen molar-refractivity contribution in [2.45, 2.75) is 41.2 Å². The summed E-state index contributed by atoms with van der Waals surface area (Å²) >= 11 is 0. The highest BCUT2D eigenvalue weighted by molar-refractivity contribution is 6.06. The number of rotatable bonds is 7. The van der Waals surface area contributed by atoms with Crippen LogP contribution < -0.4 is 9.47 Å². The maximum atomic E-state index is 15.1. The predicted octanol–water partition coefficient (Wildman–Crippen LogP) is 4.57. The molecule has 0 saturated carbocycles. The van der Waals surface area contributed by atoms with E-state index in [1.54, 1.807) is 17.9 Å². The molecule has 0 bridgehead atoms. The Morgan fingerprint density at radius 3 is 2.31 bits per heavy atom. The van der Waals surface area contributed by atoms with Gasteiger partial charge in [0.2, 0.25) is 0 Å². The van der Waals surface area contributed by atoms with Crippen molar-refractivity contribution < 1.29 is 18.7 Å². The number of carbonyl (C=O) groups excluding carboxylic acids is 1. The molecule has 1 heterocycles. The van der Waals surface area contributed by atoms with Gasteiger partial charge in [-0.3, -0.25) is 10.2 Å². The molecule has 1 aliphatic rings. The smallest absolute Gasteiger partial charge is 0.197 e. The van der Waals surface area contributed by atoms with Gasteiger partial charge >= 0.3 is 0 Å². The number of amidine groups is 1. The quantitative estimate of drug-likeness (QED) is 0.694. The molecule has 0 aromatic heterocycles. The van der Waals surface area contributed by atoms with Crippen molar-refractivity contribution >= 4 is 11.6 Å². The number of fused-ring (bicyclic) bond motifs is 1. The number of aryl methyl sites for hydroxylation is 2. The highest BCUT2D eigenvalue weighted by Gasteiger charge is 2.33. The first-order valence-electron chi connectivity index (χ1n) is 9.84. The van der Waals surface area contributed by atoms with Crippen LogP contribution >= 0.6 is 0 Å². The first kappa shape index (κ1) is 20.8. The molecule has 0 saturated heterocycles. The summed E-state index contributed by atoms with van der Waals surface area (Å²) in [7, 11) is 0. The lowest BCUT2D eigenvalue weighted by atomic mass is 9.98. The number of hydrogen-bond acceptors (Lipinski definition) is 4. The highest BCUT2D eigenvalue weighted by Crippen LogP contribution is 2.39. The second-order valence-electron chi connectivity index (χ2n) is 7.28. The van der Waals surface area contributed by atoms with Crippen LogP contribution in [0.1, 0.15) is 52.0 Å². The summed E-state index contributed by atoms with van der Waals surface area (Å²) in [6.45, 7) is 10.5. The van der Waals surface area contributed by atoms with Gasteiger partial charge in [-0.1, -0.05) is 0 Å². The van der Waals surface area contributed by atoms with E-state index in [9.17, 15) is 4.79 Å². The number of carbonyl (C=O) groups is 1. The lowest BCUT2D eigenvalue weighted by molar-refractivity contribution is 0.0962. The van der Waals surface area contributed by atoms with Crippen LogP contribution in [0.4, 0.5) is 4.39 Å². The van der Waals surface area contributed by atoms with Crippen LogP contribution in [0.3, 0.4) is 0 Å². The van der Waals surface area contributed by atoms with E-state index in [2.05, 4.69) is 0 Å². The molecule has 0 atom stereocenters. The number of hydrogen-bond donors (Lipinski definition) is 1. The van der Waals surface area contributed by atoms with Gasteiger partial charge in [0.25, 0.3) is 0 Å². The average Bonchev–Trinajstić information content (AvgIpc) is 2.98. The maximum absolute atomic E-state index is 15.1. The summed E-state index contributed by atoms with van der Waals surface area (Å²) in [5.41, 5.74) is 4.70. The minimum absolute atomic E-state index is 0.00425. The van der Waals surface area contributed by atoms with Crippen molar-refractivity contribution in [2.75, 3.05) is 19.8 Å². The number of halogens is 1. The highest BCUT2D eigenvalue weighted by atomic mass is 19.1. The van der Waals surface area contributed by atoms with Crippen molar-refractivity contribution in [3.63, 3.8) is 0 Å². The van der Waals surface area contributed by atoms with Crippen molar-refractivity contribution in [3.05, 3.63) is 57.4 Å². The van der Waals surface area contributed by atoms with E-state index in [0.717, 1.165) is 16.7 Å². The summed E-state index contributed by atoms with van der Waals surface area (Å²) in [5, 5.41) is 8.44. The first-order chi connectivity index (χ1) is 13.8.